The van der Waals surface area contributed by atoms with Gasteiger partial charge in [0.2, 0.25) is 0 Å². The summed E-state index contributed by atoms with van der Waals surface area (Å²) in [5.74, 6) is -1.00. The number of nitrogens with one attached hydrogen (secondary N) is 1. The fourth-order valence-corrected chi connectivity index (χ4v) is 1.19. The van der Waals surface area contributed by atoms with Gasteiger partial charge in [-0.1, -0.05) is 13.5 Å². The maximum Gasteiger partial charge on any atom is 0.407 e. The molecule has 7 heteroatoms. The highest BCUT2D eigenvalue weighted by Gasteiger charge is 2.34. The predicted molar refractivity (Wildman–Crippen MR) is 70.9 cm³/mol. The van der Waals surface area contributed by atoms with E-state index >= 15 is 0 Å². The molecule has 0 fully saturated rings. The van der Waals surface area contributed by atoms with Crippen molar-refractivity contribution in [2.24, 2.45) is 5.41 Å². The lowest BCUT2D eigenvalue weighted by atomic mass is 9.89. The molecular weight excluding hydrogens is 266 g/mol. The molecule has 0 rings (SSSR count). The Bertz CT molecular complexity index is 368. The Morgan fingerprint density at radius 2 is 1.95 bits per heavy atom. The van der Waals surface area contributed by atoms with Gasteiger partial charge in [-0.2, -0.15) is 0 Å². The van der Waals surface area contributed by atoms with Gasteiger partial charge in [0.05, 0.1) is 19.1 Å². The van der Waals surface area contributed by atoms with Crippen molar-refractivity contribution in [3.63, 3.8) is 0 Å². The van der Waals surface area contributed by atoms with Crippen molar-refractivity contribution in [1.29, 1.82) is 0 Å². The van der Waals surface area contributed by atoms with Crippen LogP contribution < -0.4 is 5.32 Å². The Balaban J connectivity index is 4.00. The van der Waals surface area contributed by atoms with E-state index in [0.717, 1.165) is 6.08 Å². The SMILES string of the molecule is C=CC(=O)OCCNC(=O)OCC(C)(CC)C(=O)OC. The molecule has 0 aliphatic rings. The largest absolute Gasteiger partial charge is 0.469 e. The van der Waals surface area contributed by atoms with Gasteiger partial charge in [-0.3, -0.25) is 4.79 Å². The molecule has 1 unspecified atom stereocenters. The molecule has 0 heterocycles. The maximum atomic E-state index is 11.5. The van der Waals surface area contributed by atoms with Gasteiger partial charge < -0.3 is 19.5 Å². The minimum atomic E-state index is -0.874. The highest BCUT2D eigenvalue weighted by molar-refractivity contribution is 5.81. The zero-order chi connectivity index (χ0) is 15.6. The molecule has 114 valence electrons. The molecule has 0 aliphatic carbocycles. The van der Waals surface area contributed by atoms with Gasteiger partial charge in [-0.05, 0) is 13.3 Å². The molecule has 0 saturated heterocycles. The Morgan fingerprint density at radius 3 is 2.45 bits per heavy atom. The Morgan fingerprint density at radius 1 is 1.30 bits per heavy atom. The number of carbonyl (C=O) groups is 3. The minimum Gasteiger partial charge on any atom is -0.469 e. The molecule has 0 saturated carbocycles. The first-order chi connectivity index (χ1) is 9.39. The van der Waals surface area contributed by atoms with Crippen molar-refractivity contribution in [3.05, 3.63) is 12.7 Å². The van der Waals surface area contributed by atoms with Crippen LogP contribution in [0.2, 0.25) is 0 Å². The zero-order valence-corrected chi connectivity index (χ0v) is 12.1. The molecule has 1 atom stereocenters. The quantitative estimate of drug-likeness (QED) is 0.310. The lowest BCUT2D eigenvalue weighted by Gasteiger charge is -2.24. The summed E-state index contributed by atoms with van der Waals surface area (Å²) >= 11 is 0. The van der Waals surface area contributed by atoms with E-state index in [0.29, 0.717) is 6.42 Å². The Kier molecular flexibility index (Phi) is 8.03. The second kappa shape index (κ2) is 8.95. The van der Waals surface area contributed by atoms with Crippen LogP contribution in [0.3, 0.4) is 0 Å². The van der Waals surface area contributed by atoms with E-state index in [1.54, 1.807) is 13.8 Å². The minimum absolute atomic E-state index is 0.0159. The fraction of sp³-hybridized carbons (Fsp3) is 0.615. The third kappa shape index (κ3) is 6.21. The monoisotopic (exact) mass is 287 g/mol. The van der Waals surface area contributed by atoms with E-state index in [-0.39, 0.29) is 19.8 Å². The van der Waals surface area contributed by atoms with Crippen molar-refractivity contribution in [3.8, 4) is 0 Å². The summed E-state index contributed by atoms with van der Waals surface area (Å²) in [4.78, 5) is 33.7. The highest BCUT2D eigenvalue weighted by Crippen LogP contribution is 2.23. The first kappa shape index (κ1) is 17.9. The lowest BCUT2D eigenvalue weighted by molar-refractivity contribution is -0.154. The van der Waals surface area contributed by atoms with Gasteiger partial charge >= 0.3 is 18.0 Å². The van der Waals surface area contributed by atoms with Crippen LogP contribution in [0, 0.1) is 5.41 Å². The normalized spacial score (nSPS) is 12.8. The summed E-state index contributed by atoms with van der Waals surface area (Å²) in [6.45, 7) is 6.72. The van der Waals surface area contributed by atoms with Crippen molar-refractivity contribution >= 4 is 18.0 Å². The van der Waals surface area contributed by atoms with Crippen LogP contribution in [0.25, 0.3) is 0 Å². The van der Waals surface area contributed by atoms with E-state index in [1.807, 2.05) is 0 Å². The standard InChI is InChI=1S/C13H21NO6/c1-5-10(15)19-8-7-14-12(17)20-9-13(3,6-2)11(16)18-4/h5H,1,6-9H2,2-4H3,(H,14,17). The molecular formula is C13H21NO6. The summed E-state index contributed by atoms with van der Waals surface area (Å²) in [5, 5.41) is 2.39. The topological polar surface area (TPSA) is 90.9 Å². The zero-order valence-electron chi connectivity index (χ0n) is 12.1. The number of amides is 1. The molecule has 7 nitrogen and oxygen atoms in total. The van der Waals surface area contributed by atoms with Gasteiger partial charge in [0.25, 0.3) is 0 Å². The smallest absolute Gasteiger partial charge is 0.407 e. The molecule has 0 bridgehead atoms. The van der Waals surface area contributed by atoms with Crippen LogP contribution in [0.15, 0.2) is 12.7 Å². The second-order valence-corrected chi connectivity index (χ2v) is 4.28. The molecule has 0 aromatic heterocycles. The molecule has 1 amide bonds. The Labute approximate surface area is 118 Å². The van der Waals surface area contributed by atoms with E-state index in [1.165, 1.54) is 7.11 Å². The Hall–Kier alpha value is -2.05. The van der Waals surface area contributed by atoms with Gasteiger partial charge in [-0.25, -0.2) is 9.59 Å². The van der Waals surface area contributed by atoms with E-state index in [2.05, 4.69) is 21.4 Å². The van der Waals surface area contributed by atoms with Gasteiger partial charge in [0, 0.05) is 6.08 Å². The van der Waals surface area contributed by atoms with Gasteiger partial charge in [0.1, 0.15) is 13.2 Å². The number of alkyl carbamates (subject to hydrolysis) is 1. The van der Waals surface area contributed by atoms with Crippen molar-refractivity contribution < 1.29 is 28.6 Å². The van der Waals surface area contributed by atoms with Gasteiger partial charge in [0.15, 0.2) is 0 Å². The van der Waals surface area contributed by atoms with E-state index < -0.39 is 23.4 Å². The van der Waals surface area contributed by atoms with Crippen LogP contribution in [0.4, 0.5) is 4.79 Å². The molecule has 0 aromatic carbocycles. The van der Waals surface area contributed by atoms with Crippen LogP contribution in [0.1, 0.15) is 20.3 Å². The van der Waals surface area contributed by atoms with E-state index in [9.17, 15) is 14.4 Å². The highest BCUT2D eigenvalue weighted by atomic mass is 16.6. The third-order valence-corrected chi connectivity index (χ3v) is 2.76. The van der Waals surface area contributed by atoms with Crippen LogP contribution in [-0.2, 0) is 23.8 Å². The number of rotatable bonds is 8. The number of ether oxygens (including phenoxy) is 3. The van der Waals surface area contributed by atoms with Crippen molar-refractivity contribution in [1.82, 2.24) is 5.32 Å². The number of methoxy groups -OCH3 is 1. The molecule has 0 aromatic rings. The summed E-state index contributed by atoms with van der Waals surface area (Å²) in [7, 11) is 1.28. The molecule has 0 aliphatic heterocycles. The van der Waals surface area contributed by atoms with E-state index in [4.69, 9.17) is 4.74 Å². The lowest BCUT2D eigenvalue weighted by Crippen LogP contribution is -2.37. The fourth-order valence-electron chi connectivity index (χ4n) is 1.19. The summed E-state index contributed by atoms with van der Waals surface area (Å²) < 4.78 is 14.3. The number of hydrogen-bond donors (Lipinski definition) is 1. The molecule has 20 heavy (non-hydrogen) atoms. The number of carbonyl (C=O) groups excluding carboxylic acids is 3. The maximum absolute atomic E-state index is 11.5. The average Bonchev–Trinajstić information content (AvgIpc) is 2.47. The third-order valence-electron chi connectivity index (χ3n) is 2.76. The molecule has 0 radical (unpaired) electrons. The van der Waals surface area contributed by atoms with Crippen LogP contribution in [-0.4, -0.2) is 44.9 Å². The van der Waals surface area contributed by atoms with Gasteiger partial charge in [-0.15, -0.1) is 0 Å². The molecule has 1 N–H and O–H groups in total. The first-order valence-corrected chi connectivity index (χ1v) is 6.18. The summed E-state index contributed by atoms with van der Waals surface area (Å²) in [5.41, 5.74) is -0.874. The number of hydrogen-bond acceptors (Lipinski definition) is 6. The number of esters is 2. The van der Waals surface area contributed by atoms with Crippen LogP contribution >= 0.6 is 0 Å². The summed E-state index contributed by atoms with van der Waals surface area (Å²) in [6, 6.07) is 0. The first-order valence-electron chi connectivity index (χ1n) is 6.18. The second-order valence-electron chi connectivity index (χ2n) is 4.28. The van der Waals surface area contributed by atoms with Crippen molar-refractivity contribution in [2.75, 3.05) is 26.9 Å². The predicted octanol–water partition coefficient (Wildman–Crippen LogP) is 1.03. The van der Waals surface area contributed by atoms with Crippen LogP contribution in [0.5, 0.6) is 0 Å². The molecule has 0 spiro atoms. The average molecular weight is 287 g/mol. The van der Waals surface area contributed by atoms with Crippen molar-refractivity contribution in [2.45, 2.75) is 20.3 Å². The summed E-state index contributed by atoms with van der Waals surface area (Å²) in [6.07, 6.45) is 0.814.